The summed E-state index contributed by atoms with van der Waals surface area (Å²) in [5.74, 6) is -0.828. The SMILES string of the molecule is COC(=O)C1(C(=O)OC)C=C2C=C[C@@H](c3ccccc3)C(C)(C)[C@@H]2C1. The molecule has 25 heavy (non-hydrogen) atoms. The Balaban J connectivity index is 2.02. The highest BCUT2D eigenvalue weighted by Crippen LogP contribution is 2.57. The summed E-state index contributed by atoms with van der Waals surface area (Å²) in [6.45, 7) is 4.38. The van der Waals surface area contributed by atoms with Crippen molar-refractivity contribution in [1.82, 2.24) is 0 Å². The monoisotopic (exact) mass is 340 g/mol. The van der Waals surface area contributed by atoms with Gasteiger partial charge in [-0.1, -0.05) is 62.4 Å². The van der Waals surface area contributed by atoms with Gasteiger partial charge in [-0.3, -0.25) is 9.59 Å². The highest BCUT2D eigenvalue weighted by atomic mass is 16.5. The Bertz CT molecular complexity index is 726. The van der Waals surface area contributed by atoms with Gasteiger partial charge in [-0.15, -0.1) is 0 Å². The van der Waals surface area contributed by atoms with Crippen LogP contribution in [-0.4, -0.2) is 26.2 Å². The number of methoxy groups -OCH3 is 2. The fourth-order valence-electron chi connectivity index (χ4n) is 4.35. The molecule has 4 heteroatoms. The first-order valence-corrected chi connectivity index (χ1v) is 8.49. The van der Waals surface area contributed by atoms with Gasteiger partial charge in [0.2, 0.25) is 0 Å². The van der Waals surface area contributed by atoms with E-state index in [1.165, 1.54) is 19.8 Å². The van der Waals surface area contributed by atoms with Gasteiger partial charge >= 0.3 is 11.9 Å². The molecule has 0 bridgehead atoms. The van der Waals surface area contributed by atoms with Crippen molar-refractivity contribution in [3.8, 4) is 0 Å². The van der Waals surface area contributed by atoms with Crippen LogP contribution in [0.15, 0.2) is 54.1 Å². The molecule has 3 rings (SSSR count). The third kappa shape index (κ3) is 2.60. The summed E-state index contributed by atoms with van der Waals surface area (Å²) in [5, 5.41) is 0. The third-order valence-corrected chi connectivity index (χ3v) is 5.78. The minimum atomic E-state index is -1.35. The number of rotatable bonds is 3. The van der Waals surface area contributed by atoms with Crippen LogP contribution in [0.25, 0.3) is 0 Å². The van der Waals surface area contributed by atoms with Crippen LogP contribution in [0, 0.1) is 16.7 Å². The fourth-order valence-corrected chi connectivity index (χ4v) is 4.35. The molecule has 2 atom stereocenters. The standard InChI is InChI=1S/C21H24O4/c1-20(2)16(14-8-6-5-7-9-14)11-10-15-12-21(13-17(15)20,18(22)24-3)19(23)25-4/h5-12,16-17H,13H2,1-4H3/t16-,17+/m0/s1. The molecule has 0 saturated heterocycles. The molecule has 0 N–H and O–H groups in total. The molecule has 0 heterocycles. The van der Waals surface area contributed by atoms with E-state index < -0.39 is 17.4 Å². The Labute approximate surface area is 148 Å². The molecule has 0 aliphatic heterocycles. The zero-order valence-corrected chi connectivity index (χ0v) is 15.1. The maximum absolute atomic E-state index is 12.5. The van der Waals surface area contributed by atoms with Crippen LogP contribution >= 0.6 is 0 Å². The molecule has 0 unspecified atom stereocenters. The van der Waals surface area contributed by atoms with Crippen molar-refractivity contribution in [2.24, 2.45) is 16.7 Å². The molecular formula is C21H24O4. The number of allylic oxidation sites excluding steroid dienone is 3. The maximum Gasteiger partial charge on any atom is 0.327 e. The number of carbonyl (C=O) groups is 2. The first kappa shape index (κ1) is 17.5. The number of benzene rings is 1. The Hall–Kier alpha value is -2.36. The Morgan fingerprint density at radius 1 is 1.04 bits per heavy atom. The number of fused-ring (bicyclic) bond motifs is 1. The first-order valence-electron chi connectivity index (χ1n) is 8.49. The second kappa shape index (κ2) is 6.17. The van der Waals surface area contributed by atoms with Crippen LogP contribution in [0.4, 0.5) is 0 Å². The van der Waals surface area contributed by atoms with Gasteiger partial charge in [0.1, 0.15) is 0 Å². The van der Waals surface area contributed by atoms with E-state index in [-0.39, 0.29) is 17.3 Å². The van der Waals surface area contributed by atoms with Crippen molar-refractivity contribution in [3.05, 3.63) is 59.7 Å². The Morgan fingerprint density at radius 2 is 1.64 bits per heavy atom. The minimum Gasteiger partial charge on any atom is -0.468 e. The molecule has 0 aromatic heterocycles. The summed E-state index contributed by atoms with van der Waals surface area (Å²) in [7, 11) is 2.61. The molecular weight excluding hydrogens is 316 g/mol. The predicted octanol–water partition coefficient (Wildman–Crippen LogP) is 3.64. The highest BCUT2D eigenvalue weighted by molar-refractivity contribution is 6.03. The lowest BCUT2D eigenvalue weighted by molar-refractivity contribution is -0.165. The zero-order chi connectivity index (χ0) is 18.2. The molecule has 0 saturated carbocycles. The van der Waals surface area contributed by atoms with Gasteiger partial charge in [0.25, 0.3) is 0 Å². The van der Waals surface area contributed by atoms with E-state index >= 15 is 0 Å². The molecule has 0 fully saturated rings. The maximum atomic E-state index is 12.5. The van der Waals surface area contributed by atoms with E-state index in [1.807, 2.05) is 24.3 Å². The van der Waals surface area contributed by atoms with Gasteiger partial charge in [0, 0.05) is 5.92 Å². The van der Waals surface area contributed by atoms with Gasteiger partial charge in [-0.05, 0) is 28.9 Å². The number of hydrogen-bond acceptors (Lipinski definition) is 4. The quantitative estimate of drug-likeness (QED) is 0.623. The number of ether oxygens (including phenoxy) is 2. The van der Waals surface area contributed by atoms with E-state index in [2.05, 4.69) is 32.1 Å². The average Bonchev–Trinajstić information content (AvgIpc) is 3.03. The van der Waals surface area contributed by atoms with E-state index in [0.717, 1.165) is 5.57 Å². The van der Waals surface area contributed by atoms with Crippen molar-refractivity contribution >= 4 is 11.9 Å². The summed E-state index contributed by atoms with van der Waals surface area (Å²) >= 11 is 0. The van der Waals surface area contributed by atoms with Crippen LogP contribution in [0.3, 0.4) is 0 Å². The Morgan fingerprint density at radius 3 is 2.20 bits per heavy atom. The largest absolute Gasteiger partial charge is 0.468 e. The van der Waals surface area contributed by atoms with Crippen LogP contribution < -0.4 is 0 Å². The number of carbonyl (C=O) groups excluding carboxylic acids is 2. The summed E-state index contributed by atoms with van der Waals surface area (Å²) in [6, 6.07) is 10.3. The van der Waals surface area contributed by atoms with Gasteiger partial charge < -0.3 is 9.47 Å². The van der Waals surface area contributed by atoms with E-state index in [4.69, 9.17) is 9.47 Å². The van der Waals surface area contributed by atoms with Crippen molar-refractivity contribution in [3.63, 3.8) is 0 Å². The van der Waals surface area contributed by atoms with E-state index in [0.29, 0.717) is 6.42 Å². The van der Waals surface area contributed by atoms with Crippen LogP contribution in [0.5, 0.6) is 0 Å². The summed E-state index contributed by atoms with van der Waals surface area (Å²) in [4.78, 5) is 24.9. The molecule has 2 aliphatic carbocycles. The minimum absolute atomic E-state index is 0.0703. The lowest BCUT2D eigenvalue weighted by Gasteiger charge is -2.43. The van der Waals surface area contributed by atoms with E-state index in [9.17, 15) is 9.59 Å². The average molecular weight is 340 g/mol. The second-order valence-corrected chi connectivity index (χ2v) is 7.42. The molecule has 0 radical (unpaired) electrons. The molecule has 1 aromatic carbocycles. The smallest absolute Gasteiger partial charge is 0.327 e. The van der Waals surface area contributed by atoms with Crippen LogP contribution in [0.1, 0.15) is 31.7 Å². The van der Waals surface area contributed by atoms with Gasteiger partial charge in [0.15, 0.2) is 5.41 Å². The van der Waals surface area contributed by atoms with Gasteiger partial charge in [-0.25, -0.2) is 0 Å². The van der Waals surface area contributed by atoms with Crippen molar-refractivity contribution < 1.29 is 19.1 Å². The molecule has 2 aliphatic rings. The lowest BCUT2D eigenvalue weighted by Crippen LogP contribution is -2.41. The van der Waals surface area contributed by atoms with Gasteiger partial charge in [0.05, 0.1) is 14.2 Å². The summed E-state index contributed by atoms with van der Waals surface area (Å²) in [6.07, 6.45) is 6.33. The number of hydrogen-bond donors (Lipinski definition) is 0. The third-order valence-electron chi connectivity index (χ3n) is 5.78. The van der Waals surface area contributed by atoms with E-state index in [1.54, 1.807) is 6.08 Å². The first-order chi connectivity index (χ1) is 11.9. The van der Waals surface area contributed by atoms with Crippen molar-refractivity contribution in [1.29, 1.82) is 0 Å². The second-order valence-electron chi connectivity index (χ2n) is 7.42. The fraction of sp³-hybridized carbons (Fsp3) is 0.429. The summed E-state index contributed by atoms with van der Waals surface area (Å²) in [5.41, 5.74) is 0.743. The molecule has 132 valence electrons. The Kier molecular flexibility index (Phi) is 4.31. The number of esters is 2. The predicted molar refractivity (Wildman–Crippen MR) is 94.8 cm³/mol. The normalized spacial score (nSPS) is 25.7. The molecule has 0 spiro atoms. The van der Waals surface area contributed by atoms with Crippen molar-refractivity contribution in [2.75, 3.05) is 14.2 Å². The van der Waals surface area contributed by atoms with Crippen molar-refractivity contribution in [2.45, 2.75) is 26.2 Å². The van der Waals surface area contributed by atoms with Crippen LogP contribution in [-0.2, 0) is 19.1 Å². The molecule has 1 aromatic rings. The highest BCUT2D eigenvalue weighted by Gasteiger charge is 2.57. The lowest BCUT2D eigenvalue weighted by atomic mass is 9.61. The van der Waals surface area contributed by atoms with Gasteiger partial charge in [-0.2, -0.15) is 0 Å². The topological polar surface area (TPSA) is 52.6 Å². The molecule has 0 amide bonds. The summed E-state index contributed by atoms with van der Waals surface area (Å²) < 4.78 is 9.88. The van der Waals surface area contributed by atoms with Crippen LogP contribution in [0.2, 0.25) is 0 Å². The zero-order valence-electron chi connectivity index (χ0n) is 15.1. The molecule has 4 nitrogen and oxygen atoms in total.